The number of fused-ring (bicyclic) bond motifs is 1. The van der Waals surface area contributed by atoms with Gasteiger partial charge in [0.05, 0.1) is 13.2 Å². The molecule has 0 saturated carbocycles. The highest BCUT2D eigenvalue weighted by Crippen LogP contribution is 2.27. The van der Waals surface area contributed by atoms with E-state index in [-0.39, 0.29) is 12.0 Å². The van der Waals surface area contributed by atoms with Crippen LogP contribution in [0.15, 0.2) is 24.3 Å². The maximum absolute atomic E-state index is 12.9. The van der Waals surface area contributed by atoms with Crippen molar-refractivity contribution in [2.24, 2.45) is 0 Å². The smallest absolute Gasteiger partial charge is 0.274 e. The summed E-state index contributed by atoms with van der Waals surface area (Å²) >= 11 is 5.95. The molecule has 2 heterocycles. The zero-order chi connectivity index (χ0) is 16.5. The van der Waals surface area contributed by atoms with Crippen LogP contribution >= 0.6 is 11.6 Å². The molecular formula is C18H20ClN3O2. The second-order valence-electron chi connectivity index (χ2n) is 6.40. The molecule has 0 spiro atoms. The van der Waals surface area contributed by atoms with E-state index < -0.39 is 0 Å². The zero-order valence-corrected chi connectivity index (χ0v) is 14.2. The van der Waals surface area contributed by atoms with Gasteiger partial charge in [-0.2, -0.15) is 5.10 Å². The number of aromatic nitrogens is 2. The summed E-state index contributed by atoms with van der Waals surface area (Å²) in [6, 6.07) is 7.62. The Morgan fingerprint density at radius 2 is 2.04 bits per heavy atom. The largest absolute Gasteiger partial charge is 0.370 e. The third-order valence-corrected chi connectivity index (χ3v) is 5.11. The Hall–Kier alpha value is -1.85. The van der Waals surface area contributed by atoms with Gasteiger partial charge in [-0.3, -0.25) is 9.89 Å². The van der Waals surface area contributed by atoms with Gasteiger partial charge in [-0.1, -0.05) is 23.7 Å². The molecular weight excluding hydrogens is 326 g/mol. The number of carbonyl (C=O) groups is 1. The van der Waals surface area contributed by atoms with Crippen LogP contribution in [0.3, 0.4) is 0 Å². The maximum atomic E-state index is 12.9. The van der Waals surface area contributed by atoms with Crippen molar-refractivity contribution in [1.82, 2.24) is 15.1 Å². The molecule has 1 N–H and O–H groups in total. The normalized spacial score (nSPS) is 20.7. The molecule has 1 atom stereocenters. The van der Waals surface area contributed by atoms with Gasteiger partial charge >= 0.3 is 0 Å². The number of H-pyrrole nitrogens is 1. The number of ether oxygens (including phenoxy) is 1. The van der Waals surface area contributed by atoms with Crippen LogP contribution < -0.4 is 0 Å². The second-order valence-corrected chi connectivity index (χ2v) is 6.84. The predicted molar refractivity (Wildman–Crippen MR) is 91.3 cm³/mol. The molecule has 0 bridgehead atoms. The van der Waals surface area contributed by atoms with E-state index in [9.17, 15) is 4.79 Å². The summed E-state index contributed by atoms with van der Waals surface area (Å²) in [6.07, 6.45) is 4.11. The van der Waals surface area contributed by atoms with Crippen LogP contribution in [0, 0.1) is 0 Å². The number of amides is 1. The monoisotopic (exact) mass is 345 g/mol. The summed E-state index contributed by atoms with van der Waals surface area (Å²) in [4.78, 5) is 14.8. The van der Waals surface area contributed by atoms with E-state index in [1.807, 2.05) is 29.2 Å². The standard InChI is InChI=1S/C18H20ClN3O2/c19-13-7-5-12(6-8-13)16-11-22(9-10-24-16)18(23)17-14-3-1-2-4-15(14)20-21-17/h5-8,16H,1-4,9-11H2,(H,20,21). The summed E-state index contributed by atoms with van der Waals surface area (Å²) in [5.41, 5.74) is 3.88. The molecule has 4 rings (SSSR count). The van der Waals surface area contributed by atoms with Gasteiger partial charge in [0.25, 0.3) is 5.91 Å². The quantitative estimate of drug-likeness (QED) is 0.909. The Balaban J connectivity index is 1.52. The SMILES string of the molecule is O=C(c1n[nH]c2c1CCCC2)N1CCOC(c2ccc(Cl)cc2)C1. The Kier molecular flexibility index (Phi) is 4.29. The fraction of sp³-hybridized carbons (Fsp3) is 0.444. The fourth-order valence-corrected chi connectivity index (χ4v) is 3.65. The number of nitrogens with one attached hydrogen (secondary N) is 1. The van der Waals surface area contributed by atoms with Crippen molar-refractivity contribution in [3.63, 3.8) is 0 Å². The van der Waals surface area contributed by atoms with Gasteiger partial charge in [-0.15, -0.1) is 0 Å². The van der Waals surface area contributed by atoms with Crippen LogP contribution in [0.1, 0.15) is 46.3 Å². The van der Waals surface area contributed by atoms with Crippen molar-refractivity contribution in [3.05, 3.63) is 51.8 Å². The van der Waals surface area contributed by atoms with Crippen LogP contribution in [0.2, 0.25) is 5.02 Å². The molecule has 2 aliphatic rings. The molecule has 1 aliphatic carbocycles. The minimum Gasteiger partial charge on any atom is -0.370 e. The molecule has 1 aliphatic heterocycles. The first-order chi connectivity index (χ1) is 11.7. The molecule has 24 heavy (non-hydrogen) atoms. The summed E-state index contributed by atoms with van der Waals surface area (Å²) in [7, 11) is 0. The van der Waals surface area contributed by atoms with Crippen LogP contribution in [0.5, 0.6) is 0 Å². The molecule has 1 aromatic carbocycles. The number of aromatic amines is 1. The van der Waals surface area contributed by atoms with Crippen molar-refractivity contribution in [1.29, 1.82) is 0 Å². The number of morpholine rings is 1. The number of halogens is 1. The third-order valence-electron chi connectivity index (χ3n) is 4.85. The van der Waals surface area contributed by atoms with Crippen LogP contribution in [-0.4, -0.2) is 40.7 Å². The van der Waals surface area contributed by atoms with Gasteiger partial charge in [0.2, 0.25) is 0 Å². The number of benzene rings is 1. The summed E-state index contributed by atoms with van der Waals surface area (Å²) in [6.45, 7) is 1.68. The Morgan fingerprint density at radius 3 is 2.88 bits per heavy atom. The van der Waals surface area contributed by atoms with Crippen molar-refractivity contribution < 1.29 is 9.53 Å². The number of aryl methyl sites for hydroxylation is 1. The van der Waals surface area contributed by atoms with Crippen molar-refractivity contribution >= 4 is 17.5 Å². The fourth-order valence-electron chi connectivity index (χ4n) is 3.52. The summed E-state index contributed by atoms with van der Waals surface area (Å²) in [5.74, 6) is 0.0108. The highest BCUT2D eigenvalue weighted by Gasteiger charge is 2.30. The van der Waals surface area contributed by atoms with Gasteiger partial charge in [0.1, 0.15) is 6.10 Å². The Bertz CT molecular complexity index is 741. The topological polar surface area (TPSA) is 58.2 Å². The molecule has 2 aromatic rings. The molecule has 126 valence electrons. The van der Waals surface area contributed by atoms with Crippen LogP contribution in [0.25, 0.3) is 0 Å². The summed E-state index contributed by atoms with van der Waals surface area (Å²) < 4.78 is 5.85. The Labute approximate surface area is 145 Å². The molecule has 1 aromatic heterocycles. The maximum Gasteiger partial charge on any atom is 0.274 e. The molecule has 1 saturated heterocycles. The van der Waals surface area contributed by atoms with Crippen molar-refractivity contribution in [3.8, 4) is 0 Å². The van der Waals surface area contributed by atoms with Crippen LogP contribution in [0.4, 0.5) is 0 Å². The number of carbonyl (C=O) groups excluding carboxylic acids is 1. The van der Waals surface area contributed by atoms with Crippen LogP contribution in [-0.2, 0) is 17.6 Å². The van der Waals surface area contributed by atoms with E-state index >= 15 is 0 Å². The number of hydrogen-bond acceptors (Lipinski definition) is 3. The van der Waals surface area contributed by atoms with E-state index in [1.165, 1.54) is 6.42 Å². The first kappa shape index (κ1) is 15.7. The van der Waals surface area contributed by atoms with E-state index in [2.05, 4.69) is 10.2 Å². The molecule has 0 radical (unpaired) electrons. The Morgan fingerprint density at radius 1 is 1.25 bits per heavy atom. The van der Waals surface area contributed by atoms with Gasteiger partial charge in [-0.25, -0.2) is 0 Å². The molecule has 1 fully saturated rings. The first-order valence-electron chi connectivity index (χ1n) is 8.45. The number of nitrogens with zero attached hydrogens (tertiary/aromatic N) is 2. The lowest BCUT2D eigenvalue weighted by atomic mass is 9.95. The summed E-state index contributed by atoms with van der Waals surface area (Å²) in [5, 5.41) is 8.06. The average molecular weight is 346 g/mol. The number of hydrogen-bond donors (Lipinski definition) is 1. The molecule has 1 amide bonds. The van der Waals surface area contributed by atoms with Crippen molar-refractivity contribution in [2.45, 2.75) is 31.8 Å². The van der Waals surface area contributed by atoms with E-state index in [0.29, 0.717) is 30.4 Å². The lowest BCUT2D eigenvalue weighted by Crippen LogP contribution is -2.42. The van der Waals surface area contributed by atoms with Gasteiger partial charge < -0.3 is 9.64 Å². The minimum absolute atomic E-state index is 0.0108. The van der Waals surface area contributed by atoms with E-state index in [4.69, 9.17) is 16.3 Å². The van der Waals surface area contributed by atoms with Crippen molar-refractivity contribution in [2.75, 3.05) is 19.7 Å². The van der Waals surface area contributed by atoms with Gasteiger partial charge in [0, 0.05) is 22.8 Å². The predicted octanol–water partition coefficient (Wildman–Crippen LogP) is 3.16. The number of rotatable bonds is 2. The average Bonchev–Trinajstić information content (AvgIpc) is 3.06. The first-order valence-corrected chi connectivity index (χ1v) is 8.82. The van der Waals surface area contributed by atoms with Gasteiger partial charge in [-0.05, 0) is 43.4 Å². The lowest BCUT2D eigenvalue weighted by Gasteiger charge is -2.33. The van der Waals surface area contributed by atoms with Gasteiger partial charge in [0.15, 0.2) is 5.69 Å². The van der Waals surface area contributed by atoms with E-state index in [0.717, 1.165) is 36.1 Å². The zero-order valence-electron chi connectivity index (χ0n) is 13.4. The third kappa shape index (κ3) is 2.94. The molecule has 1 unspecified atom stereocenters. The molecule has 6 heteroatoms. The van der Waals surface area contributed by atoms with E-state index in [1.54, 1.807) is 0 Å². The second kappa shape index (κ2) is 6.57. The molecule has 5 nitrogen and oxygen atoms in total. The lowest BCUT2D eigenvalue weighted by molar-refractivity contribution is -0.0230. The highest BCUT2D eigenvalue weighted by molar-refractivity contribution is 6.30. The minimum atomic E-state index is -0.116. The highest BCUT2D eigenvalue weighted by atomic mass is 35.5.